The van der Waals surface area contributed by atoms with Crippen LogP contribution in [0.5, 0.6) is 0 Å². The number of hydrogen-bond acceptors (Lipinski definition) is 3. The van der Waals surface area contributed by atoms with E-state index in [4.69, 9.17) is 4.74 Å². The molecule has 1 saturated heterocycles. The molecule has 1 N–H and O–H groups in total. The molecule has 1 aliphatic rings. The van der Waals surface area contributed by atoms with Gasteiger partial charge in [0.05, 0.1) is 6.61 Å². The summed E-state index contributed by atoms with van der Waals surface area (Å²) in [4.78, 5) is 2.51. The highest BCUT2D eigenvalue weighted by molar-refractivity contribution is 5.30. The van der Waals surface area contributed by atoms with E-state index >= 15 is 0 Å². The quantitative estimate of drug-likeness (QED) is 0.901. The molecule has 106 valence electrons. The Labute approximate surface area is 116 Å². The summed E-state index contributed by atoms with van der Waals surface area (Å²) in [5, 5.41) is 3.46. The second-order valence-corrected chi connectivity index (χ2v) is 5.53. The van der Waals surface area contributed by atoms with Crippen LogP contribution in [0.25, 0.3) is 0 Å². The molecule has 2 rings (SSSR count). The number of likely N-dealkylation sites (N-methyl/N-ethyl adjacent to an activating group) is 1. The van der Waals surface area contributed by atoms with Crippen molar-refractivity contribution in [1.29, 1.82) is 0 Å². The van der Waals surface area contributed by atoms with Crippen molar-refractivity contribution >= 4 is 0 Å². The Morgan fingerprint density at radius 3 is 2.58 bits per heavy atom. The molecule has 0 radical (unpaired) electrons. The van der Waals surface area contributed by atoms with E-state index in [2.05, 4.69) is 49.3 Å². The minimum atomic E-state index is 0.400. The van der Waals surface area contributed by atoms with Crippen molar-refractivity contribution in [1.82, 2.24) is 10.2 Å². The number of hydrogen-bond donors (Lipinski definition) is 1. The van der Waals surface area contributed by atoms with Gasteiger partial charge in [0.1, 0.15) is 0 Å². The Bertz CT molecular complexity index is 377. The fraction of sp³-hybridized carbons (Fsp3) is 0.625. The first-order valence-corrected chi connectivity index (χ1v) is 7.24. The second-order valence-electron chi connectivity index (χ2n) is 5.53. The zero-order valence-electron chi connectivity index (χ0n) is 12.4. The molecule has 1 aromatic rings. The van der Waals surface area contributed by atoms with Crippen molar-refractivity contribution < 1.29 is 4.74 Å². The Morgan fingerprint density at radius 1 is 1.16 bits per heavy atom. The molecule has 1 unspecified atom stereocenters. The summed E-state index contributed by atoms with van der Waals surface area (Å²) in [6.07, 6.45) is 1.14. The van der Waals surface area contributed by atoms with Gasteiger partial charge in [0, 0.05) is 32.3 Å². The monoisotopic (exact) mass is 262 g/mol. The molecule has 19 heavy (non-hydrogen) atoms. The van der Waals surface area contributed by atoms with Crippen LogP contribution in [0, 0.1) is 13.8 Å². The largest absolute Gasteiger partial charge is 0.380 e. The van der Waals surface area contributed by atoms with Crippen LogP contribution in [-0.2, 0) is 4.74 Å². The van der Waals surface area contributed by atoms with Gasteiger partial charge in [0.15, 0.2) is 0 Å². The molecule has 0 aromatic heterocycles. The van der Waals surface area contributed by atoms with Gasteiger partial charge in [-0.05, 0) is 32.9 Å². The minimum Gasteiger partial charge on any atom is -0.380 e. The summed E-state index contributed by atoms with van der Waals surface area (Å²) in [6.45, 7) is 9.36. The third kappa shape index (κ3) is 4.30. The highest BCUT2D eigenvalue weighted by atomic mass is 16.5. The zero-order valence-corrected chi connectivity index (χ0v) is 12.4. The second kappa shape index (κ2) is 7.04. The number of nitrogens with zero attached hydrogens (tertiary/aromatic N) is 1. The standard InChI is InChI=1S/C16H26N2O/c1-13-9-14(2)11-15(10-13)16(17-3)12-18-5-4-7-19-8-6-18/h9-11,16-17H,4-8,12H2,1-3H3. The number of aryl methyl sites for hydroxylation is 2. The first kappa shape index (κ1) is 14.5. The molecule has 1 heterocycles. The highest BCUT2D eigenvalue weighted by Crippen LogP contribution is 2.18. The molecule has 3 nitrogen and oxygen atoms in total. The fourth-order valence-corrected chi connectivity index (χ4v) is 2.81. The molecule has 1 fully saturated rings. The Balaban J connectivity index is 2.05. The minimum absolute atomic E-state index is 0.400. The van der Waals surface area contributed by atoms with Crippen LogP contribution in [0.3, 0.4) is 0 Å². The lowest BCUT2D eigenvalue weighted by Crippen LogP contribution is -2.35. The molecular formula is C16H26N2O. The fourth-order valence-electron chi connectivity index (χ4n) is 2.81. The maximum atomic E-state index is 5.52. The number of nitrogens with one attached hydrogen (secondary N) is 1. The molecule has 0 aliphatic carbocycles. The predicted octanol–water partition coefficient (Wildman–Crippen LogP) is 2.29. The van der Waals surface area contributed by atoms with Gasteiger partial charge in [-0.15, -0.1) is 0 Å². The normalized spacial score (nSPS) is 19.1. The lowest BCUT2D eigenvalue weighted by atomic mass is 10.0. The van der Waals surface area contributed by atoms with Gasteiger partial charge in [0.2, 0.25) is 0 Å². The molecule has 1 aliphatic heterocycles. The summed E-state index contributed by atoms with van der Waals surface area (Å²) in [6, 6.07) is 7.22. The van der Waals surface area contributed by atoms with E-state index in [1.165, 1.54) is 16.7 Å². The van der Waals surface area contributed by atoms with Gasteiger partial charge in [0.25, 0.3) is 0 Å². The lowest BCUT2D eigenvalue weighted by Gasteiger charge is -2.26. The van der Waals surface area contributed by atoms with Crippen molar-refractivity contribution in [2.45, 2.75) is 26.3 Å². The lowest BCUT2D eigenvalue weighted by molar-refractivity contribution is 0.139. The van der Waals surface area contributed by atoms with Crippen molar-refractivity contribution in [3.05, 3.63) is 34.9 Å². The predicted molar refractivity (Wildman–Crippen MR) is 79.6 cm³/mol. The van der Waals surface area contributed by atoms with Crippen LogP contribution >= 0.6 is 0 Å². The van der Waals surface area contributed by atoms with Crippen molar-refractivity contribution in [3.63, 3.8) is 0 Å². The van der Waals surface area contributed by atoms with Crippen LogP contribution in [0.4, 0.5) is 0 Å². The van der Waals surface area contributed by atoms with Gasteiger partial charge in [-0.2, -0.15) is 0 Å². The van der Waals surface area contributed by atoms with E-state index in [0.29, 0.717) is 6.04 Å². The average Bonchev–Trinajstić information content (AvgIpc) is 2.63. The number of benzene rings is 1. The Kier molecular flexibility index (Phi) is 5.37. The summed E-state index contributed by atoms with van der Waals surface area (Å²) in [5.41, 5.74) is 4.08. The Morgan fingerprint density at radius 2 is 1.89 bits per heavy atom. The zero-order chi connectivity index (χ0) is 13.7. The first-order chi connectivity index (χ1) is 9.19. The van der Waals surface area contributed by atoms with E-state index < -0.39 is 0 Å². The summed E-state index contributed by atoms with van der Waals surface area (Å²) < 4.78 is 5.52. The Hall–Kier alpha value is -0.900. The average molecular weight is 262 g/mol. The van der Waals surface area contributed by atoms with Crippen molar-refractivity contribution in [3.8, 4) is 0 Å². The van der Waals surface area contributed by atoms with Crippen LogP contribution < -0.4 is 5.32 Å². The van der Waals surface area contributed by atoms with Gasteiger partial charge >= 0.3 is 0 Å². The SMILES string of the molecule is CNC(CN1CCCOCC1)c1cc(C)cc(C)c1. The molecular weight excluding hydrogens is 236 g/mol. The molecule has 0 amide bonds. The number of ether oxygens (including phenoxy) is 1. The van der Waals surface area contributed by atoms with Crippen LogP contribution in [0.2, 0.25) is 0 Å². The molecule has 0 bridgehead atoms. The third-order valence-electron chi connectivity index (χ3n) is 3.75. The van der Waals surface area contributed by atoms with E-state index in [0.717, 1.165) is 39.3 Å². The number of rotatable bonds is 4. The smallest absolute Gasteiger partial charge is 0.0593 e. The summed E-state index contributed by atoms with van der Waals surface area (Å²) in [5.74, 6) is 0. The molecule has 0 spiro atoms. The van der Waals surface area contributed by atoms with E-state index in [1.807, 2.05) is 0 Å². The maximum Gasteiger partial charge on any atom is 0.0593 e. The molecule has 1 atom stereocenters. The van der Waals surface area contributed by atoms with Gasteiger partial charge in [-0.1, -0.05) is 29.3 Å². The van der Waals surface area contributed by atoms with Gasteiger partial charge in [-0.25, -0.2) is 0 Å². The van der Waals surface area contributed by atoms with Gasteiger partial charge in [-0.3, -0.25) is 4.90 Å². The van der Waals surface area contributed by atoms with Gasteiger partial charge < -0.3 is 10.1 Å². The van der Waals surface area contributed by atoms with Crippen LogP contribution in [0.1, 0.15) is 29.2 Å². The topological polar surface area (TPSA) is 24.5 Å². The molecule has 0 saturated carbocycles. The maximum absolute atomic E-state index is 5.52. The van der Waals surface area contributed by atoms with E-state index in [-0.39, 0.29) is 0 Å². The van der Waals surface area contributed by atoms with Crippen molar-refractivity contribution in [2.75, 3.05) is 39.9 Å². The van der Waals surface area contributed by atoms with Crippen LogP contribution in [-0.4, -0.2) is 44.8 Å². The van der Waals surface area contributed by atoms with Crippen LogP contribution in [0.15, 0.2) is 18.2 Å². The summed E-state index contributed by atoms with van der Waals surface area (Å²) >= 11 is 0. The summed E-state index contributed by atoms with van der Waals surface area (Å²) in [7, 11) is 2.05. The van der Waals surface area contributed by atoms with E-state index in [1.54, 1.807) is 0 Å². The molecule has 3 heteroatoms. The van der Waals surface area contributed by atoms with E-state index in [9.17, 15) is 0 Å². The van der Waals surface area contributed by atoms with Crippen molar-refractivity contribution in [2.24, 2.45) is 0 Å². The third-order valence-corrected chi connectivity index (χ3v) is 3.75. The highest BCUT2D eigenvalue weighted by Gasteiger charge is 2.16. The molecule has 1 aromatic carbocycles. The first-order valence-electron chi connectivity index (χ1n) is 7.24.